The molecule has 1 aliphatic rings. The molecule has 0 bridgehead atoms. The molecule has 29 heavy (non-hydrogen) atoms. The van der Waals surface area contributed by atoms with Gasteiger partial charge in [-0.2, -0.15) is 0 Å². The highest BCUT2D eigenvalue weighted by molar-refractivity contribution is 5.96. The lowest BCUT2D eigenvalue weighted by Gasteiger charge is -2.39. The van der Waals surface area contributed by atoms with Gasteiger partial charge in [-0.15, -0.1) is 0 Å². The van der Waals surface area contributed by atoms with E-state index in [0.717, 1.165) is 37.8 Å². The first-order chi connectivity index (χ1) is 13.9. The van der Waals surface area contributed by atoms with E-state index >= 15 is 0 Å². The third-order valence-corrected chi connectivity index (χ3v) is 4.43. The minimum Gasteiger partial charge on any atom is -0.463 e. The molecule has 0 radical (unpaired) electrons. The van der Waals surface area contributed by atoms with Crippen LogP contribution in [0.3, 0.4) is 0 Å². The number of esters is 2. The average Bonchev–Trinajstić information content (AvgIpc) is 2.70. The number of piperazine rings is 1. The molecule has 0 spiro atoms. The molecule has 0 aromatic carbocycles. The summed E-state index contributed by atoms with van der Waals surface area (Å²) in [6, 6.07) is -0.217. The van der Waals surface area contributed by atoms with Gasteiger partial charge in [0.1, 0.15) is 0 Å². The number of unbranched alkanes of at least 4 members (excludes halogenated alkanes) is 2. The van der Waals surface area contributed by atoms with Crippen LogP contribution in [-0.4, -0.2) is 72.4 Å². The van der Waals surface area contributed by atoms with E-state index in [2.05, 4.69) is 0 Å². The fourth-order valence-corrected chi connectivity index (χ4v) is 2.70. The molecule has 1 saturated heterocycles. The number of rotatable bonds is 10. The molecule has 0 unspecified atom stereocenters. The van der Waals surface area contributed by atoms with Gasteiger partial charge in [0.25, 0.3) is 0 Å². The Morgan fingerprint density at radius 3 is 1.83 bits per heavy atom. The molecular formula is C21H32N2O6. The van der Waals surface area contributed by atoms with Crippen molar-refractivity contribution in [2.45, 2.75) is 52.5 Å². The number of hydrogen-bond acceptors (Lipinski definition) is 6. The van der Waals surface area contributed by atoms with E-state index in [4.69, 9.17) is 9.47 Å². The molecule has 8 nitrogen and oxygen atoms in total. The molecule has 162 valence electrons. The summed E-state index contributed by atoms with van der Waals surface area (Å²) in [4.78, 5) is 50.8. The monoisotopic (exact) mass is 408 g/mol. The van der Waals surface area contributed by atoms with Gasteiger partial charge >= 0.3 is 11.9 Å². The number of carbonyl (C=O) groups is 4. The summed E-state index contributed by atoms with van der Waals surface area (Å²) < 4.78 is 9.95. The number of nitrogens with zero attached hydrogens (tertiary/aromatic N) is 2. The van der Waals surface area contributed by atoms with Gasteiger partial charge in [-0.3, -0.25) is 9.59 Å². The Labute approximate surface area is 172 Å². The second kappa shape index (κ2) is 13.5. The predicted molar refractivity (Wildman–Crippen MR) is 108 cm³/mol. The first-order valence-corrected chi connectivity index (χ1v) is 10.2. The quantitative estimate of drug-likeness (QED) is 0.311. The maximum Gasteiger partial charge on any atom is 0.330 e. The van der Waals surface area contributed by atoms with Crippen LogP contribution in [0.4, 0.5) is 0 Å². The summed E-state index contributed by atoms with van der Waals surface area (Å²) in [7, 11) is 0. The fraction of sp³-hybridized carbons (Fsp3) is 0.619. The van der Waals surface area contributed by atoms with Gasteiger partial charge in [-0.05, 0) is 19.8 Å². The zero-order valence-corrected chi connectivity index (χ0v) is 17.6. The highest BCUT2D eigenvalue weighted by Gasteiger charge is 2.28. The van der Waals surface area contributed by atoms with E-state index in [1.807, 2.05) is 20.8 Å². The van der Waals surface area contributed by atoms with Gasteiger partial charge in [-0.1, -0.05) is 26.7 Å². The van der Waals surface area contributed by atoms with Crippen molar-refractivity contribution in [2.24, 2.45) is 0 Å². The maximum atomic E-state index is 12.3. The summed E-state index contributed by atoms with van der Waals surface area (Å²) >= 11 is 0. The van der Waals surface area contributed by atoms with Gasteiger partial charge in [-0.25, -0.2) is 9.59 Å². The van der Waals surface area contributed by atoms with Crippen LogP contribution in [0.15, 0.2) is 24.3 Å². The van der Waals surface area contributed by atoms with Gasteiger partial charge in [0.2, 0.25) is 11.8 Å². The van der Waals surface area contributed by atoms with Crippen molar-refractivity contribution in [3.63, 3.8) is 0 Å². The smallest absolute Gasteiger partial charge is 0.330 e. The summed E-state index contributed by atoms with van der Waals surface area (Å²) in [5, 5.41) is 0. The van der Waals surface area contributed by atoms with Gasteiger partial charge in [0.15, 0.2) is 0 Å². The molecule has 0 aromatic rings. The highest BCUT2D eigenvalue weighted by atomic mass is 16.5. The molecule has 0 N–H and O–H groups in total. The summed E-state index contributed by atoms with van der Waals surface area (Å²) in [5.41, 5.74) is 0. The van der Waals surface area contributed by atoms with Crippen molar-refractivity contribution in [1.29, 1.82) is 0 Å². The number of hydrogen-bond donors (Lipinski definition) is 0. The van der Waals surface area contributed by atoms with E-state index in [1.54, 1.807) is 9.80 Å². The molecular weight excluding hydrogens is 376 g/mol. The van der Waals surface area contributed by atoms with Gasteiger partial charge in [0, 0.05) is 50.0 Å². The SMILES string of the molecule is CCCCOC(=O)/C=C/C(=O)N1CCN(C(=O)/C=C/C(=O)OCCCC)[C@H](C)C1. The number of ether oxygens (including phenoxy) is 2. The van der Waals surface area contributed by atoms with Crippen LogP contribution in [0.1, 0.15) is 46.5 Å². The van der Waals surface area contributed by atoms with Gasteiger partial charge in [0.05, 0.1) is 13.2 Å². The topological polar surface area (TPSA) is 93.2 Å². The van der Waals surface area contributed by atoms with E-state index in [1.165, 1.54) is 12.2 Å². The van der Waals surface area contributed by atoms with Crippen LogP contribution in [0.25, 0.3) is 0 Å². The Bertz CT molecular complexity index is 629. The van der Waals surface area contributed by atoms with Gasteiger partial charge < -0.3 is 19.3 Å². The van der Waals surface area contributed by atoms with E-state index in [9.17, 15) is 19.2 Å². The number of amides is 2. The molecule has 2 amide bonds. The zero-order valence-electron chi connectivity index (χ0n) is 17.6. The van der Waals surface area contributed by atoms with Crippen molar-refractivity contribution in [1.82, 2.24) is 9.80 Å². The Kier molecular flexibility index (Phi) is 11.4. The van der Waals surface area contributed by atoms with E-state index in [0.29, 0.717) is 32.8 Å². The molecule has 1 heterocycles. The summed E-state index contributed by atoms with van der Waals surface area (Å²) in [6.45, 7) is 7.52. The third-order valence-electron chi connectivity index (χ3n) is 4.43. The molecule has 1 rings (SSSR count). The maximum absolute atomic E-state index is 12.3. The molecule has 8 heteroatoms. The minimum absolute atomic E-state index is 0.217. The Morgan fingerprint density at radius 1 is 0.828 bits per heavy atom. The predicted octanol–water partition coefficient (Wildman–Crippen LogP) is 1.84. The molecule has 0 aliphatic carbocycles. The van der Waals surface area contributed by atoms with Crippen LogP contribution in [0, 0.1) is 0 Å². The van der Waals surface area contributed by atoms with Crippen LogP contribution in [0.5, 0.6) is 0 Å². The lowest BCUT2D eigenvalue weighted by atomic mass is 10.1. The molecule has 0 saturated carbocycles. The normalized spacial score (nSPS) is 17.0. The summed E-state index contributed by atoms with van der Waals surface area (Å²) in [5.74, 6) is -1.67. The Hall–Kier alpha value is -2.64. The molecule has 1 fully saturated rings. The van der Waals surface area contributed by atoms with Crippen LogP contribution in [-0.2, 0) is 28.7 Å². The van der Waals surface area contributed by atoms with Crippen molar-refractivity contribution in [3.05, 3.63) is 24.3 Å². The molecule has 1 atom stereocenters. The minimum atomic E-state index is -0.538. The standard InChI is InChI=1S/C21H32N2O6/c1-4-6-14-28-20(26)10-8-18(24)22-12-13-23(17(3)16-22)19(25)9-11-21(27)29-15-7-5-2/h8-11,17H,4-7,12-16H2,1-3H3/b10-8+,11-9+/t17-/m1/s1. The largest absolute Gasteiger partial charge is 0.463 e. The van der Waals surface area contributed by atoms with Crippen molar-refractivity contribution >= 4 is 23.8 Å². The first kappa shape index (κ1) is 24.4. The highest BCUT2D eigenvalue weighted by Crippen LogP contribution is 2.11. The first-order valence-electron chi connectivity index (χ1n) is 10.2. The second-order valence-electron chi connectivity index (χ2n) is 6.87. The molecule has 1 aliphatic heterocycles. The zero-order chi connectivity index (χ0) is 21.6. The Balaban J connectivity index is 2.46. The van der Waals surface area contributed by atoms with E-state index < -0.39 is 11.9 Å². The number of carbonyl (C=O) groups excluding carboxylic acids is 4. The van der Waals surface area contributed by atoms with Crippen molar-refractivity contribution in [3.8, 4) is 0 Å². The fourth-order valence-electron chi connectivity index (χ4n) is 2.70. The van der Waals surface area contributed by atoms with Crippen LogP contribution >= 0.6 is 0 Å². The van der Waals surface area contributed by atoms with Crippen LogP contribution < -0.4 is 0 Å². The van der Waals surface area contributed by atoms with E-state index in [-0.39, 0.29) is 17.9 Å². The van der Waals surface area contributed by atoms with Crippen molar-refractivity contribution in [2.75, 3.05) is 32.8 Å². The third kappa shape index (κ3) is 9.40. The molecule has 0 aromatic heterocycles. The summed E-state index contributed by atoms with van der Waals surface area (Å²) in [6.07, 6.45) is 8.08. The van der Waals surface area contributed by atoms with Crippen molar-refractivity contribution < 1.29 is 28.7 Å². The lowest BCUT2D eigenvalue weighted by Crippen LogP contribution is -2.54. The lowest BCUT2D eigenvalue weighted by molar-refractivity contribution is -0.139. The Morgan fingerprint density at radius 2 is 1.34 bits per heavy atom. The van der Waals surface area contributed by atoms with Crippen LogP contribution in [0.2, 0.25) is 0 Å². The average molecular weight is 408 g/mol. The second-order valence-corrected chi connectivity index (χ2v) is 6.87.